The molecule has 1 aliphatic heterocycles. The minimum absolute atomic E-state index is 0.0179. The van der Waals surface area contributed by atoms with Crippen molar-refractivity contribution < 1.29 is 14.7 Å². The van der Waals surface area contributed by atoms with Crippen LogP contribution in [0.15, 0.2) is 6.20 Å². The van der Waals surface area contributed by atoms with Crippen LogP contribution < -0.4 is 0 Å². The maximum absolute atomic E-state index is 12.2. The van der Waals surface area contributed by atoms with Crippen LogP contribution in [0.3, 0.4) is 0 Å². The number of hydrogen-bond donors (Lipinski definition) is 1. The van der Waals surface area contributed by atoms with Crippen molar-refractivity contribution in [3.05, 3.63) is 16.1 Å². The Labute approximate surface area is 109 Å². The summed E-state index contributed by atoms with van der Waals surface area (Å²) in [5.74, 6) is -0.729. The van der Waals surface area contributed by atoms with Gasteiger partial charge in [0.25, 0.3) is 5.91 Å². The Morgan fingerprint density at radius 3 is 3.00 bits per heavy atom. The minimum atomic E-state index is -0.789. The molecular formula is C12H16N2O3S. The molecule has 0 aliphatic carbocycles. The SMILES string of the molecule is Cc1ncc(C(=O)N2CCCC(CC(=O)O)C2)s1. The van der Waals surface area contributed by atoms with Gasteiger partial charge in [-0.25, -0.2) is 4.98 Å². The third-order valence-electron chi connectivity index (χ3n) is 3.10. The number of thiazole rings is 1. The van der Waals surface area contributed by atoms with E-state index in [9.17, 15) is 9.59 Å². The zero-order valence-corrected chi connectivity index (χ0v) is 11.1. The summed E-state index contributed by atoms with van der Waals surface area (Å²) in [6.07, 6.45) is 3.51. The molecule has 2 rings (SSSR count). The van der Waals surface area contributed by atoms with E-state index in [-0.39, 0.29) is 18.2 Å². The number of nitrogens with zero attached hydrogens (tertiary/aromatic N) is 2. The van der Waals surface area contributed by atoms with Crippen LogP contribution in [0.25, 0.3) is 0 Å². The van der Waals surface area contributed by atoms with Gasteiger partial charge in [0.1, 0.15) is 4.88 Å². The predicted octanol–water partition coefficient (Wildman–Crippen LogP) is 1.78. The van der Waals surface area contributed by atoms with Crippen molar-refractivity contribution in [3.8, 4) is 0 Å². The molecule has 1 atom stereocenters. The molecule has 1 aliphatic rings. The first-order chi connectivity index (χ1) is 8.56. The van der Waals surface area contributed by atoms with E-state index in [1.54, 1.807) is 11.1 Å². The second-order valence-corrected chi connectivity index (χ2v) is 5.84. The van der Waals surface area contributed by atoms with E-state index in [1.165, 1.54) is 11.3 Å². The zero-order chi connectivity index (χ0) is 13.1. The molecule has 0 saturated carbocycles. The Hall–Kier alpha value is -1.43. The van der Waals surface area contributed by atoms with Crippen LogP contribution in [0, 0.1) is 12.8 Å². The molecule has 2 heterocycles. The van der Waals surface area contributed by atoms with Crippen molar-refractivity contribution in [2.75, 3.05) is 13.1 Å². The molecule has 0 radical (unpaired) electrons. The van der Waals surface area contributed by atoms with E-state index in [1.807, 2.05) is 6.92 Å². The molecule has 0 bridgehead atoms. The average molecular weight is 268 g/mol. The van der Waals surface area contributed by atoms with Crippen molar-refractivity contribution >= 4 is 23.2 Å². The lowest BCUT2D eigenvalue weighted by Crippen LogP contribution is -2.40. The van der Waals surface area contributed by atoms with Gasteiger partial charge in [-0.1, -0.05) is 0 Å². The first kappa shape index (κ1) is 13.0. The summed E-state index contributed by atoms with van der Waals surface area (Å²) >= 11 is 1.39. The second kappa shape index (κ2) is 5.48. The Balaban J connectivity index is 2.00. The van der Waals surface area contributed by atoms with Crippen LogP contribution in [0.2, 0.25) is 0 Å². The van der Waals surface area contributed by atoms with Gasteiger partial charge >= 0.3 is 5.97 Å². The molecule has 1 amide bonds. The normalized spacial score (nSPS) is 19.8. The van der Waals surface area contributed by atoms with Crippen molar-refractivity contribution in [1.82, 2.24) is 9.88 Å². The van der Waals surface area contributed by atoms with Gasteiger partial charge in [0.05, 0.1) is 11.2 Å². The van der Waals surface area contributed by atoms with Crippen LogP contribution >= 0.6 is 11.3 Å². The molecule has 1 fully saturated rings. The third-order valence-corrected chi connectivity index (χ3v) is 4.00. The van der Waals surface area contributed by atoms with Crippen molar-refractivity contribution in [3.63, 3.8) is 0 Å². The van der Waals surface area contributed by atoms with Crippen molar-refractivity contribution in [2.24, 2.45) is 5.92 Å². The number of rotatable bonds is 3. The Morgan fingerprint density at radius 2 is 2.39 bits per heavy atom. The predicted molar refractivity (Wildman–Crippen MR) is 67.7 cm³/mol. The number of aliphatic carboxylic acids is 1. The molecule has 1 saturated heterocycles. The van der Waals surface area contributed by atoms with Crippen molar-refractivity contribution in [2.45, 2.75) is 26.2 Å². The van der Waals surface area contributed by atoms with Crippen LogP contribution in [-0.4, -0.2) is 40.0 Å². The molecule has 18 heavy (non-hydrogen) atoms. The first-order valence-corrected chi connectivity index (χ1v) is 6.81. The average Bonchev–Trinajstić information content (AvgIpc) is 2.74. The number of aryl methyl sites for hydroxylation is 1. The number of carbonyl (C=O) groups excluding carboxylic acids is 1. The van der Waals surface area contributed by atoms with E-state index in [2.05, 4.69) is 4.98 Å². The van der Waals surface area contributed by atoms with Crippen LogP contribution in [0.5, 0.6) is 0 Å². The first-order valence-electron chi connectivity index (χ1n) is 5.99. The lowest BCUT2D eigenvalue weighted by Gasteiger charge is -2.31. The monoisotopic (exact) mass is 268 g/mol. The van der Waals surface area contributed by atoms with Gasteiger partial charge < -0.3 is 10.0 Å². The Morgan fingerprint density at radius 1 is 1.61 bits per heavy atom. The van der Waals surface area contributed by atoms with Gasteiger partial charge in [-0.2, -0.15) is 0 Å². The smallest absolute Gasteiger partial charge is 0.303 e. The van der Waals surface area contributed by atoms with E-state index in [0.29, 0.717) is 18.0 Å². The van der Waals surface area contributed by atoms with Gasteiger partial charge in [0.15, 0.2) is 0 Å². The molecule has 1 unspecified atom stereocenters. The van der Waals surface area contributed by atoms with E-state index < -0.39 is 5.97 Å². The van der Waals surface area contributed by atoms with Crippen LogP contribution in [-0.2, 0) is 4.79 Å². The molecule has 1 aromatic rings. The van der Waals surface area contributed by atoms with E-state index in [0.717, 1.165) is 17.8 Å². The number of carboxylic acids is 1. The highest BCUT2D eigenvalue weighted by Gasteiger charge is 2.26. The van der Waals surface area contributed by atoms with E-state index >= 15 is 0 Å². The molecule has 5 nitrogen and oxygen atoms in total. The zero-order valence-electron chi connectivity index (χ0n) is 10.3. The minimum Gasteiger partial charge on any atom is -0.481 e. The summed E-state index contributed by atoms with van der Waals surface area (Å²) in [6, 6.07) is 0. The Bertz CT molecular complexity index is 458. The van der Waals surface area contributed by atoms with Gasteiger partial charge in [-0.15, -0.1) is 11.3 Å². The molecule has 1 N–H and O–H groups in total. The lowest BCUT2D eigenvalue weighted by molar-refractivity contribution is -0.138. The number of amides is 1. The highest BCUT2D eigenvalue weighted by molar-refractivity contribution is 7.13. The van der Waals surface area contributed by atoms with E-state index in [4.69, 9.17) is 5.11 Å². The second-order valence-electron chi connectivity index (χ2n) is 4.60. The fraction of sp³-hybridized carbons (Fsp3) is 0.583. The Kier molecular flexibility index (Phi) is 3.96. The number of aromatic nitrogens is 1. The van der Waals surface area contributed by atoms with Gasteiger partial charge in [-0.05, 0) is 25.7 Å². The fourth-order valence-electron chi connectivity index (χ4n) is 2.28. The molecule has 0 aromatic carbocycles. The lowest BCUT2D eigenvalue weighted by atomic mass is 9.95. The summed E-state index contributed by atoms with van der Waals surface area (Å²) in [5.41, 5.74) is 0. The highest BCUT2D eigenvalue weighted by Crippen LogP contribution is 2.22. The topological polar surface area (TPSA) is 70.5 Å². The largest absolute Gasteiger partial charge is 0.481 e. The number of piperidine rings is 1. The fourth-order valence-corrected chi connectivity index (χ4v) is 3.02. The van der Waals surface area contributed by atoms with Gasteiger partial charge in [-0.3, -0.25) is 9.59 Å². The third kappa shape index (κ3) is 3.07. The number of hydrogen-bond acceptors (Lipinski definition) is 4. The highest BCUT2D eigenvalue weighted by atomic mass is 32.1. The van der Waals surface area contributed by atoms with Gasteiger partial charge in [0.2, 0.25) is 0 Å². The quantitative estimate of drug-likeness (QED) is 0.907. The van der Waals surface area contributed by atoms with Crippen molar-refractivity contribution in [1.29, 1.82) is 0 Å². The summed E-state index contributed by atoms with van der Waals surface area (Å²) in [6.45, 7) is 3.12. The summed E-state index contributed by atoms with van der Waals surface area (Å²) in [7, 11) is 0. The van der Waals surface area contributed by atoms with Gasteiger partial charge in [0, 0.05) is 19.5 Å². The maximum atomic E-state index is 12.2. The number of carboxylic acid groups (broad SMARTS) is 1. The number of likely N-dealkylation sites (tertiary alicyclic amines) is 1. The van der Waals surface area contributed by atoms with Crippen LogP contribution in [0.4, 0.5) is 0 Å². The molecule has 6 heteroatoms. The molecule has 1 aromatic heterocycles. The summed E-state index contributed by atoms with van der Waals surface area (Å²) in [4.78, 5) is 29.4. The summed E-state index contributed by atoms with van der Waals surface area (Å²) < 4.78 is 0. The maximum Gasteiger partial charge on any atom is 0.303 e. The molecule has 0 spiro atoms. The standard InChI is InChI=1S/C12H16N2O3S/c1-8-13-6-10(18-8)12(17)14-4-2-3-9(7-14)5-11(15)16/h6,9H,2-5,7H2,1H3,(H,15,16). The molecule has 98 valence electrons. The van der Waals surface area contributed by atoms with Crippen LogP contribution in [0.1, 0.15) is 33.9 Å². The number of carbonyl (C=O) groups is 2. The summed E-state index contributed by atoms with van der Waals surface area (Å²) in [5, 5.41) is 9.67. The molecular weight excluding hydrogens is 252 g/mol.